The molecule has 0 saturated carbocycles. The third kappa shape index (κ3) is 2.66. The van der Waals surface area contributed by atoms with Crippen LogP contribution in [0.2, 0.25) is 0 Å². The molecule has 5 heteroatoms. The molecule has 1 amide bonds. The Morgan fingerprint density at radius 2 is 2.18 bits per heavy atom. The van der Waals surface area contributed by atoms with Crippen molar-refractivity contribution in [3.8, 4) is 0 Å². The molecule has 94 valence electrons. The van der Waals surface area contributed by atoms with Gasteiger partial charge in [0.2, 0.25) is 0 Å². The molecule has 1 aromatic rings. The lowest BCUT2D eigenvalue weighted by Gasteiger charge is -2.39. The van der Waals surface area contributed by atoms with Gasteiger partial charge in [0, 0.05) is 25.2 Å². The Bertz CT molecular complexity index is 439. The minimum atomic E-state index is 0.00154. The van der Waals surface area contributed by atoms with E-state index in [4.69, 9.17) is 0 Å². The summed E-state index contributed by atoms with van der Waals surface area (Å²) in [6.45, 7) is 10.5. The average molecular weight is 253 g/mol. The van der Waals surface area contributed by atoms with Gasteiger partial charge in [-0.1, -0.05) is 0 Å². The molecule has 1 aliphatic rings. The molecule has 0 unspecified atom stereocenters. The largest absolute Gasteiger partial charge is 0.335 e. The average Bonchev–Trinajstić information content (AvgIpc) is 2.55. The van der Waals surface area contributed by atoms with Gasteiger partial charge in [0.05, 0.1) is 10.7 Å². The van der Waals surface area contributed by atoms with Crippen molar-refractivity contribution in [1.82, 2.24) is 15.2 Å². The van der Waals surface area contributed by atoms with Crippen LogP contribution in [0.5, 0.6) is 0 Å². The van der Waals surface area contributed by atoms with Crippen molar-refractivity contribution >= 4 is 17.2 Å². The third-order valence-electron chi connectivity index (χ3n) is 2.96. The molecule has 1 aliphatic heterocycles. The maximum absolute atomic E-state index is 12.4. The zero-order valence-electron chi connectivity index (χ0n) is 10.8. The number of piperazine rings is 1. The lowest BCUT2D eigenvalue weighted by Crippen LogP contribution is -2.58. The number of nitrogens with zero attached hydrogens (tertiary/aromatic N) is 2. The Balaban J connectivity index is 2.18. The van der Waals surface area contributed by atoms with Crippen molar-refractivity contribution in [2.24, 2.45) is 0 Å². The highest BCUT2D eigenvalue weighted by atomic mass is 32.1. The molecule has 1 fully saturated rings. The van der Waals surface area contributed by atoms with Crippen molar-refractivity contribution in [2.45, 2.75) is 33.2 Å². The molecular weight excluding hydrogens is 234 g/mol. The Hall–Kier alpha value is -0.940. The number of carbonyl (C=O) groups excluding carboxylic acids is 1. The fourth-order valence-corrected chi connectivity index (χ4v) is 3.08. The first-order valence-corrected chi connectivity index (χ1v) is 6.69. The molecule has 2 heterocycles. The number of hydrogen-bond acceptors (Lipinski definition) is 4. The van der Waals surface area contributed by atoms with Crippen molar-refractivity contribution in [2.75, 3.05) is 19.6 Å². The van der Waals surface area contributed by atoms with Gasteiger partial charge >= 0.3 is 0 Å². The van der Waals surface area contributed by atoms with Gasteiger partial charge in [0.15, 0.2) is 0 Å². The smallest absolute Gasteiger partial charge is 0.265 e. The molecule has 0 radical (unpaired) electrons. The number of aromatic nitrogens is 1. The second kappa shape index (κ2) is 4.38. The third-order valence-corrected chi connectivity index (χ3v) is 4.02. The number of amides is 1. The maximum atomic E-state index is 12.4. The molecular formula is C12H19N3OS. The minimum Gasteiger partial charge on any atom is -0.335 e. The maximum Gasteiger partial charge on any atom is 0.265 e. The molecule has 0 atom stereocenters. The summed E-state index contributed by atoms with van der Waals surface area (Å²) in [4.78, 5) is 19.4. The number of rotatable bonds is 1. The van der Waals surface area contributed by atoms with E-state index in [1.165, 1.54) is 11.3 Å². The van der Waals surface area contributed by atoms with E-state index in [2.05, 4.69) is 24.1 Å². The Morgan fingerprint density at radius 1 is 1.47 bits per heavy atom. The highest BCUT2D eigenvalue weighted by Gasteiger charge is 2.30. The van der Waals surface area contributed by atoms with Crippen LogP contribution < -0.4 is 5.32 Å². The molecule has 0 spiro atoms. The molecule has 4 nitrogen and oxygen atoms in total. The lowest BCUT2D eigenvalue weighted by atomic mass is 10.0. The van der Waals surface area contributed by atoms with Crippen molar-refractivity contribution in [1.29, 1.82) is 0 Å². The summed E-state index contributed by atoms with van der Waals surface area (Å²) in [5.41, 5.74) is 0.857. The highest BCUT2D eigenvalue weighted by Crippen LogP contribution is 2.21. The van der Waals surface area contributed by atoms with Gasteiger partial charge in [0.25, 0.3) is 5.91 Å². The number of carbonyl (C=O) groups is 1. The van der Waals surface area contributed by atoms with Gasteiger partial charge in [-0.05, 0) is 27.7 Å². The van der Waals surface area contributed by atoms with E-state index in [1.807, 2.05) is 18.7 Å². The molecule has 0 aliphatic carbocycles. The Labute approximate surface area is 106 Å². The van der Waals surface area contributed by atoms with Crippen LogP contribution >= 0.6 is 11.3 Å². The number of thiazole rings is 1. The van der Waals surface area contributed by atoms with Gasteiger partial charge in [-0.25, -0.2) is 4.98 Å². The predicted octanol–water partition coefficient (Wildman–Crippen LogP) is 1.58. The standard InChI is InChI=1S/C12H19N3OS/c1-8-10(17-9(2)14-8)11(16)15-6-5-13-12(3,4)7-15/h13H,5-7H2,1-4H3. The van der Waals surface area contributed by atoms with Gasteiger partial charge in [-0.3, -0.25) is 4.79 Å². The predicted molar refractivity (Wildman–Crippen MR) is 69.6 cm³/mol. The fourth-order valence-electron chi connectivity index (χ4n) is 2.19. The molecule has 1 N–H and O–H groups in total. The number of aryl methyl sites for hydroxylation is 2. The van der Waals surface area contributed by atoms with Crippen LogP contribution in [-0.2, 0) is 0 Å². The van der Waals surface area contributed by atoms with Gasteiger partial charge in [-0.15, -0.1) is 11.3 Å². The van der Waals surface area contributed by atoms with E-state index in [0.29, 0.717) is 0 Å². The molecule has 0 bridgehead atoms. The van der Waals surface area contributed by atoms with E-state index in [1.54, 1.807) is 0 Å². The van der Waals surface area contributed by atoms with E-state index in [9.17, 15) is 4.79 Å². The molecule has 17 heavy (non-hydrogen) atoms. The first kappa shape index (κ1) is 12.5. The first-order chi connectivity index (χ1) is 7.89. The van der Waals surface area contributed by atoms with Crippen LogP contribution in [0.25, 0.3) is 0 Å². The number of nitrogens with one attached hydrogen (secondary N) is 1. The summed E-state index contributed by atoms with van der Waals surface area (Å²) in [7, 11) is 0. The molecule has 1 saturated heterocycles. The van der Waals surface area contributed by atoms with Crippen LogP contribution in [0.4, 0.5) is 0 Å². The summed E-state index contributed by atoms with van der Waals surface area (Å²) >= 11 is 1.49. The van der Waals surface area contributed by atoms with Crippen LogP contribution in [-0.4, -0.2) is 41.0 Å². The van der Waals surface area contributed by atoms with Crippen LogP contribution in [0.1, 0.15) is 34.2 Å². The number of hydrogen-bond donors (Lipinski definition) is 1. The van der Waals surface area contributed by atoms with E-state index in [-0.39, 0.29) is 11.4 Å². The zero-order valence-corrected chi connectivity index (χ0v) is 11.6. The molecule has 1 aromatic heterocycles. The summed E-state index contributed by atoms with van der Waals surface area (Å²) in [6.07, 6.45) is 0. The molecule has 0 aromatic carbocycles. The SMILES string of the molecule is Cc1nc(C)c(C(=O)N2CCNC(C)(C)C2)s1. The van der Waals surface area contributed by atoms with E-state index in [0.717, 1.165) is 35.2 Å². The lowest BCUT2D eigenvalue weighted by molar-refractivity contribution is 0.0656. The quantitative estimate of drug-likeness (QED) is 0.826. The van der Waals surface area contributed by atoms with Gasteiger partial charge < -0.3 is 10.2 Å². The van der Waals surface area contributed by atoms with Crippen LogP contribution in [0.3, 0.4) is 0 Å². The second-order valence-corrected chi connectivity index (χ2v) is 6.39. The van der Waals surface area contributed by atoms with Gasteiger partial charge in [0.1, 0.15) is 4.88 Å². The Kier molecular flexibility index (Phi) is 3.23. The van der Waals surface area contributed by atoms with E-state index < -0.39 is 0 Å². The summed E-state index contributed by atoms with van der Waals surface area (Å²) < 4.78 is 0. The van der Waals surface area contributed by atoms with Crippen LogP contribution in [0, 0.1) is 13.8 Å². The monoisotopic (exact) mass is 253 g/mol. The van der Waals surface area contributed by atoms with Gasteiger partial charge in [-0.2, -0.15) is 0 Å². The summed E-state index contributed by atoms with van der Waals surface area (Å²) in [5.74, 6) is 0.127. The van der Waals surface area contributed by atoms with E-state index >= 15 is 0 Å². The minimum absolute atomic E-state index is 0.00154. The first-order valence-electron chi connectivity index (χ1n) is 5.87. The second-order valence-electron chi connectivity index (χ2n) is 5.18. The fraction of sp³-hybridized carbons (Fsp3) is 0.667. The zero-order chi connectivity index (χ0) is 12.6. The topological polar surface area (TPSA) is 45.2 Å². The van der Waals surface area contributed by atoms with Crippen molar-refractivity contribution < 1.29 is 4.79 Å². The summed E-state index contributed by atoms with van der Waals surface area (Å²) in [6, 6.07) is 0. The highest BCUT2D eigenvalue weighted by molar-refractivity contribution is 7.13. The normalized spacial score (nSPS) is 19.4. The van der Waals surface area contributed by atoms with Crippen molar-refractivity contribution in [3.63, 3.8) is 0 Å². The summed E-state index contributed by atoms with van der Waals surface area (Å²) in [5, 5.41) is 4.37. The molecule has 2 rings (SSSR count). The van der Waals surface area contributed by atoms with Crippen molar-refractivity contribution in [3.05, 3.63) is 15.6 Å². The van der Waals surface area contributed by atoms with Crippen LogP contribution in [0.15, 0.2) is 0 Å². The Morgan fingerprint density at radius 3 is 2.71 bits per heavy atom.